The number of carbonyl (C=O) groups excluding carboxylic acids is 3. The van der Waals surface area contributed by atoms with Crippen molar-refractivity contribution in [2.45, 2.75) is 45.6 Å². The Hall–Kier alpha value is -3.19. The summed E-state index contributed by atoms with van der Waals surface area (Å²) in [4.78, 5) is 42.1. The summed E-state index contributed by atoms with van der Waals surface area (Å²) in [7, 11) is 0. The van der Waals surface area contributed by atoms with E-state index in [1.807, 2.05) is 61.5 Å². The molecule has 2 amide bonds. The molecule has 0 saturated carbocycles. The Balaban J connectivity index is 1.64. The van der Waals surface area contributed by atoms with Gasteiger partial charge in [-0.15, -0.1) is 0 Å². The lowest BCUT2D eigenvalue weighted by Gasteiger charge is -2.33. The fraction of sp³-hybridized carbons (Fsp3) is 0.483. The highest BCUT2D eigenvalue weighted by Crippen LogP contribution is 2.45. The van der Waals surface area contributed by atoms with E-state index in [4.69, 9.17) is 9.84 Å². The van der Waals surface area contributed by atoms with E-state index < -0.39 is 23.8 Å². The highest BCUT2D eigenvalue weighted by atomic mass is 16.5. The third-order valence-electron chi connectivity index (χ3n) is 7.48. The molecule has 4 rings (SSSR count). The van der Waals surface area contributed by atoms with Crippen LogP contribution >= 0.6 is 0 Å². The molecular formula is C29H36N2O5. The van der Waals surface area contributed by atoms with Gasteiger partial charge in [0, 0.05) is 24.8 Å². The van der Waals surface area contributed by atoms with Gasteiger partial charge < -0.3 is 20.1 Å². The molecule has 2 aliphatic rings. The van der Waals surface area contributed by atoms with Crippen LogP contribution in [0.4, 0.5) is 5.69 Å². The molecule has 0 radical (unpaired) electrons. The van der Waals surface area contributed by atoms with Crippen LogP contribution in [0.25, 0.3) is 10.8 Å². The number of nitrogens with one attached hydrogen (secondary N) is 1. The van der Waals surface area contributed by atoms with E-state index in [0.29, 0.717) is 31.5 Å². The van der Waals surface area contributed by atoms with Crippen molar-refractivity contribution in [3.63, 3.8) is 0 Å². The molecule has 2 aromatic carbocycles. The number of likely N-dealkylation sites (tertiary alicyclic amines) is 1. The molecule has 0 aromatic heterocycles. The van der Waals surface area contributed by atoms with Crippen molar-refractivity contribution < 1.29 is 24.2 Å². The number of benzene rings is 2. The van der Waals surface area contributed by atoms with E-state index in [0.717, 1.165) is 17.2 Å². The molecule has 0 unspecified atom stereocenters. The first kappa shape index (κ1) is 25.9. The molecule has 1 aliphatic carbocycles. The SMILES string of the molecule is CCOC(=O)[C@H]1[C@@H]2C(=O)N(CCCCCO)[C@H](C(=O)Nc3ccc4ccccc4c3)[C@H]2C=C[C@H]1CC. The average Bonchev–Trinajstić information content (AvgIpc) is 3.17. The average molecular weight is 493 g/mol. The predicted molar refractivity (Wildman–Crippen MR) is 139 cm³/mol. The number of carbonyl (C=O) groups is 3. The Bertz CT molecular complexity index is 1130. The molecule has 0 bridgehead atoms. The van der Waals surface area contributed by atoms with Crippen LogP contribution in [0.3, 0.4) is 0 Å². The van der Waals surface area contributed by atoms with Crippen molar-refractivity contribution in [1.82, 2.24) is 4.90 Å². The quantitative estimate of drug-likeness (QED) is 0.295. The zero-order chi connectivity index (χ0) is 25.7. The molecule has 1 heterocycles. The van der Waals surface area contributed by atoms with Crippen LogP contribution < -0.4 is 5.32 Å². The molecule has 36 heavy (non-hydrogen) atoms. The first-order chi connectivity index (χ1) is 17.5. The molecule has 1 fully saturated rings. The second-order valence-electron chi connectivity index (χ2n) is 9.65. The minimum Gasteiger partial charge on any atom is -0.466 e. The van der Waals surface area contributed by atoms with Crippen LogP contribution in [0.2, 0.25) is 0 Å². The highest BCUT2D eigenvalue weighted by molar-refractivity contribution is 6.02. The van der Waals surface area contributed by atoms with Gasteiger partial charge in [-0.2, -0.15) is 0 Å². The van der Waals surface area contributed by atoms with Gasteiger partial charge in [0.1, 0.15) is 6.04 Å². The number of aliphatic hydroxyl groups is 1. The molecule has 2 N–H and O–H groups in total. The molecule has 1 saturated heterocycles. The van der Waals surface area contributed by atoms with Gasteiger partial charge >= 0.3 is 5.97 Å². The van der Waals surface area contributed by atoms with Gasteiger partial charge in [0.05, 0.1) is 18.4 Å². The number of fused-ring (bicyclic) bond motifs is 2. The number of ether oxygens (including phenoxy) is 1. The number of amides is 2. The summed E-state index contributed by atoms with van der Waals surface area (Å²) in [5.74, 6) is -2.52. The van der Waals surface area contributed by atoms with E-state index in [1.165, 1.54) is 0 Å². The standard InChI is InChI=1S/C29H36N2O5/c1-3-19-13-15-23-25(24(19)29(35)36-4-2)28(34)31(16-8-5-9-17-32)26(23)27(33)30-22-14-12-20-10-6-7-11-21(20)18-22/h6-7,10-15,18-19,23-26,32H,3-5,8-9,16-17H2,1-2H3,(H,30,33)/t19-,23+,24-,25-,26+/m1/s1. The maximum absolute atomic E-state index is 13.8. The Morgan fingerprint density at radius 2 is 1.81 bits per heavy atom. The van der Waals surface area contributed by atoms with Crippen molar-refractivity contribution in [2.75, 3.05) is 25.1 Å². The second-order valence-corrected chi connectivity index (χ2v) is 9.65. The summed E-state index contributed by atoms with van der Waals surface area (Å²) >= 11 is 0. The van der Waals surface area contributed by atoms with Gasteiger partial charge in [-0.25, -0.2) is 0 Å². The van der Waals surface area contributed by atoms with Gasteiger partial charge in [-0.05, 0) is 61.4 Å². The Morgan fingerprint density at radius 1 is 1.03 bits per heavy atom. The number of nitrogens with zero attached hydrogens (tertiary/aromatic N) is 1. The fourth-order valence-electron chi connectivity index (χ4n) is 5.74. The lowest BCUT2D eigenvalue weighted by molar-refractivity contribution is -0.155. The Morgan fingerprint density at radius 3 is 2.53 bits per heavy atom. The van der Waals surface area contributed by atoms with Crippen LogP contribution in [-0.2, 0) is 19.1 Å². The van der Waals surface area contributed by atoms with Crippen molar-refractivity contribution in [1.29, 1.82) is 0 Å². The van der Waals surface area contributed by atoms with Crippen molar-refractivity contribution >= 4 is 34.2 Å². The zero-order valence-electron chi connectivity index (χ0n) is 21.1. The number of allylic oxidation sites excluding steroid dienone is 1. The van der Waals surface area contributed by atoms with Crippen LogP contribution in [-0.4, -0.2) is 53.6 Å². The molecule has 1 aliphatic heterocycles. The summed E-state index contributed by atoms with van der Waals surface area (Å²) in [5, 5.41) is 14.3. The number of esters is 1. The van der Waals surface area contributed by atoms with Crippen LogP contribution in [0.5, 0.6) is 0 Å². The first-order valence-electron chi connectivity index (χ1n) is 13.1. The topological polar surface area (TPSA) is 95.9 Å². The summed E-state index contributed by atoms with van der Waals surface area (Å²) in [6, 6.07) is 13.0. The number of rotatable bonds is 10. The highest BCUT2D eigenvalue weighted by Gasteiger charge is 2.57. The molecule has 192 valence electrons. The normalized spacial score (nSPS) is 25.1. The lowest BCUT2D eigenvalue weighted by Crippen LogP contribution is -2.44. The van der Waals surface area contributed by atoms with Crippen molar-refractivity contribution in [2.24, 2.45) is 23.7 Å². The van der Waals surface area contributed by atoms with E-state index in [1.54, 1.807) is 11.8 Å². The van der Waals surface area contributed by atoms with Crippen LogP contribution in [0.1, 0.15) is 39.5 Å². The van der Waals surface area contributed by atoms with Gasteiger partial charge in [-0.1, -0.05) is 49.4 Å². The largest absolute Gasteiger partial charge is 0.466 e. The van der Waals surface area contributed by atoms with E-state index in [9.17, 15) is 14.4 Å². The predicted octanol–water partition coefficient (Wildman–Crippen LogP) is 4.16. The number of hydrogen-bond acceptors (Lipinski definition) is 5. The monoisotopic (exact) mass is 492 g/mol. The number of anilines is 1. The van der Waals surface area contributed by atoms with Gasteiger partial charge in [-0.3, -0.25) is 14.4 Å². The zero-order valence-corrected chi connectivity index (χ0v) is 21.1. The van der Waals surface area contributed by atoms with E-state index in [2.05, 4.69) is 5.32 Å². The number of unbranched alkanes of at least 4 members (excludes halogenated alkanes) is 2. The Kier molecular flexibility index (Phi) is 8.41. The van der Waals surface area contributed by atoms with Gasteiger partial charge in [0.2, 0.25) is 11.8 Å². The summed E-state index contributed by atoms with van der Waals surface area (Å²) < 4.78 is 5.38. The number of hydrogen-bond donors (Lipinski definition) is 2. The summed E-state index contributed by atoms with van der Waals surface area (Å²) in [6.45, 7) is 4.51. The molecular weight excluding hydrogens is 456 g/mol. The summed E-state index contributed by atoms with van der Waals surface area (Å²) in [6.07, 6.45) is 6.74. The number of aliphatic hydroxyl groups excluding tert-OH is 1. The molecule has 2 aromatic rings. The smallest absolute Gasteiger partial charge is 0.310 e. The summed E-state index contributed by atoms with van der Waals surface area (Å²) in [5.41, 5.74) is 0.669. The minimum absolute atomic E-state index is 0.0942. The first-order valence-corrected chi connectivity index (χ1v) is 13.1. The second kappa shape index (κ2) is 11.7. The van der Waals surface area contributed by atoms with E-state index in [-0.39, 0.29) is 36.9 Å². The maximum Gasteiger partial charge on any atom is 0.310 e. The third kappa shape index (κ3) is 5.16. The third-order valence-corrected chi connectivity index (χ3v) is 7.48. The van der Waals surface area contributed by atoms with E-state index >= 15 is 0 Å². The fourth-order valence-corrected chi connectivity index (χ4v) is 5.74. The molecule has 7 nitrogen and oxygen atoms in total. The van der Waals surface area contributed by atoms with Crippen LogP contribution in [0, 0.1) is 23.7 Å². The molecule has 0 spiro atoms. The van der Waals surface area contributed by atoms with Crippen LogP contribution in [0.15, 0.2) is 54.6 Å². The minimum atomic E-state index is -0.714. The lowest BCUT2D eigenvalue weighted by atomic mass is 9.69. The van der Waals surface area contributed by atoms with Gasteiger partial charge in [0.25, 0.3) is 0 Å². The van der Waals surface area contributed by atoms with Gasteiger partial charge in [0.15, 0.2) is 0 Å². The molecule has 5 atom stereocenters. The van der Waals surface area contributed by atoms with Crippen molar-refractivity contribution in [3.8, 4) is 0 Å². The maximum atomic E-state index is 13.8. The van der Waals surface area contributed by atoms with Crippen molar-refractivity contribution in [3.05, 3.63) is 54.6 Å². The Labute approximate surface area is 212 Å². The molecule has 7 heteroatoms.